The minimum Gasteiger partial charge on any atom is -0.456 e. The van der Waals surface area contributed by atoms with Gasteiger partial charge in [-0.05, 0) is 47.1 Å². The van der Waals surface area contributed by atoms with E-state index >= 15 is 0 Å². The number of aromatic nitrogens is 3. The maximum atomic E-state index is 13.6. The van der Waals surface area contributed by atoms with Crippen LogP contribution in [0.3, 0.4) is 0 Å². The first-order valence-electron chi connectivity index (χ1n) is 11.5. The van der Waals surface area contributed by atoms with E-state index in [4.69, 9.17) is 30.0 Å². The Labute approximate surface area is 221 Å². The molecule has 13 heteroatoms. The van der Waals surface area contributed by atoms with Gasteiger partial charge < -0.3 is 23.7 Å². The Bertz CT molecular complexity index is 1440. The van der Waals surface area contributed by atoms with Gasteiger partial charge in [-0.3, -0.25) is 19.5 Å². The summed E-state index contributed by atoms with van der Waals surface area (Å²) in [5.41, 5.74) is 1.53. The van der Waals surface area contributed by atoms with Crippen molar-refractivity contribution in [2.75, 3.05) is 11.9 Å². The summed E-state index contributed by atoms with van der Waals surface area (Å²) in [5, 5.41) is 15.4. The number of nitrogens with one attached hydrogen (secondary N) is 1. The van der Waals surface area contributed by atoms with Gasteiger partial charge in [-0.25, -0.2) is 0 Å². The van der Waals surface area contributed by atoms with E-state index in [0.717, 1.165) is 5.56 Å². The molecule has 4 aromatic rings. The highest BCUT2D eigenvalue weighted by atomic mass is 35.5. The van der Waals surface area contributed by atoms with Crippen LogP contribution in [0.25, 0.3) is 0 Å². The topological polar surface area (TPSA) is 145 Å². The first-order chi connectivity index (χ1) is 18.4. The molecule has 2 aromatic heterocycles. The number of benzene rings is 2. The number of guanidine groups is 1. The van der Waals surface area contributed by atoms with Gasteiger partial charge in [-0.1, -0.05) is 23.7 Å². The lowest BCUT2D eigenvalue weighted by atomic mass is 10.1. The van der Waals surface area contributed by atoms with Crippen molar-refractivity contribution >= 4 is 35.1 Å². The Balaban J connectivity index is 1.36. The normalized spacial score (nSPS) is 15.2. The average molecular weight is 537 g/mol. The molecule has 2 aromatic carbocycles. The van der Waals surface area contributed by atoms with Crippen LogP contribution in [0.15, 0.2) is 74.8 Å². The molecule has 1 unspecified atom stereocenters. The van der Waals surface area contributed by atoms with Gasteiger partial charge in [0.1, 0.15) is 17.9 Å². The zero-order valence-electron chi connectivity index (χ0n) is 20.0. The molecule has 0 fully saturated rings. The lowest BCUT2D eigenvalue weighted by Crippen LogP contribution is -2.47. The highest BCUT2D eigenvalue weighted by Gasteiger charge is 2.36. The molecule has 12 nitrogen and oxygen atoms in total. The number of amides is 1. The molecule has 38 heavy (non-hydrogen) atoms. The zero-order valence-corrected chi connectivity index (χ0v) is 20.8. The predicted molar refractivity (Wildman–Crippen MR) is 133 cm³/mol. The number of nitrogens with zero attached hydrogens (tertiary/aromatic N) is 5. The average Bonchev–Trinajstić information content (AvgIpc) is 3.60. The third kappa shape index (κ3) is 5.98. The molecule has 0 radical (unpaired) electrons. The number of aliphatic imine (C=N–C) groups is 1. The molecule has 0 saturated heterocycles. The maximum Gasteiger partial charge on any atom is 0.303 e. The van der Waals surface area contributed by atoms with E-state index in [1.807, 2.05) is 12.1 Å². The molecular formula is C25H21ClN6O6. The van der Waals surface area contributed by atoms with E-state index in [2.05, 4.69) is 25.7 Å². The molecule has 194 valence electrons. The fraction of sp³-hybridized carbons (Fsp3) is 0.200. The number of ether oxygens (including phenoxy) is 2. The molecular weight excluding hydrogens is 516 g/mol. The monoisotopic (exact) mass is 536 g/mol. The number of halogens is 1. The second-order valence-corrected chi connectivity index (χ2v) is 8.61. The van der Waals surface area contributed by atoms with Crippen LogP contribution in [0.4, 0.5) is 5.69 Å². The number of rotatable bonds is 8. The van der Waals surface area contributed by atoms with E-state index in [-0.39, 0.29) is 37.4 Å². The Hall–Kier alpha value is -4.71. The van der Waals surface area contributed by atoms with Crippen molar-refractivity contribution in [3.05, 3.63) is 83.2 Å². The number of esters is 1. The Morgan fingerprint density at radius 2 is 1.92 bits per heavy atom. The molecule has 1 aliphatic rings. The summed E-state index contributed by atoms with van der Waals surface area (Å²) in [4.78, 5) is 30.8. The molecule has 1 aliphatic heterocycles. The molecule has 3 heterocycles. The molecule has 0 spiro atoms. The van der Waals surface area contributed by atoms with Crippen molar-refractivity contribution in [1.29, 1.82) is 0 Å². The summed E-state index contributed by atoms with van der Waals surface area (Å²) in [6.07, 6.45) is 1.42. The van der Waals surface area contributed by atoms with Crippen LogP contribution in [-0.2, 0) is 27.5 Å². The van der Waals surface area contributed by atoms with Gasteiger partial charge in [-0.2, -0.15) is 0 Å². The lowest BCUT2D eigenvalue weighted by molar-refractivity contribution is -0.143. The molecule has 0 saturated carbocycles. The van der Waals surface area contributed by atoms with Gasteiger partial charge in [0, 0.05) is 23.7 Å². The SMILES string of the molecule is CC(=O)OCc1nnc(C2CN=C(Nc3ccc(Oc4ccon4)cc3)N(Cc3ccc(Cl)cc3)C2=O)o1. The number of hydrogen-bond acceptors (Lipinski definition) is 11. The van der Waals surface area contributed by atoms with Crippen molar-refractivity contribution in [2.45, 2.75) is 26.0 Å². The minimum atomic E-state index is -0.801. The van der Waals surface area contributed by atoms with Gasteiger partial charge in [0.2, 0.25) is 17.8 Å². The summed E-state index contributed by atoms with van der Waals surface area (Å²) in [6, 6.07) is 15.8. The number of carbonyl (C=O) groups is 2. The minimum absolute atomic E-state index is 0.0842. The fourth-order valence-corrected chi connectivity index (χ4v) is 3.71. The van der Waals surface area contributed by atoms with Gasteiger partial charge in [0.05, 0.1) is 13.1 Å². The Kier molecular flexibility index (Phi) is 7.31. The first-order valence-corrected chi connectivity index (χ1v) is 11.8. The van der Waals surface area contributed by atoms with Crippen molar-refractivity contribution in [3.8, 4) is 11.6 Å². The number of anilines is 1. The third-order valence-corrected chi connectivity index (χ3v) is 5.68. The smallest absolute Gasteiger partial charge is 0.303 e. The van der Waals surface area contributed by atoms with E-state index in [1.54, 1.807) is 42.5 Å². The van der Waals surface area contributed by atoms with Crippen LogP contribution < -0.4 is 10.1 Å². The van der Waals surface area contributed by atoms with Gasteiger partial charge in [0.15, 0.2) is 6.61 Å². The molecule has 0 bridgehead atoms. The van der Waals surface area contributed by atoms with Crippen molar-refractivity contribution < 1.29 is 28.0 Å². The molecule has 5 rings (SSSR count). The number of carbonyl (C=O) groups excluding carboxylic acids is 2. The van der Waals surface area contributed by atoms with E-state index < -0.39 is 11.9 Å². The lowest BCUT2D eigenvalue weighted by Gasteiger charge is -2.31. The number of hydrogen-bond donors (Lipinski definition) is 1. The molecule has 0 aliphatic carbocycles. The zero-order chi connectivity index (χ0) is 26.5. The standard InChI is InChI=1S/C25H21ClN6O6/c1-15(33)35-14-22-29-30-23(38-22)20-12-27-25(32(24(20)34)13-16-2-4-17(26)5-3-16)28-18-6-8-19(9-7-18)37-21-10-11-36-31-21/h2-11,20H,12-14H2,1H3,(H,27,28). The van der Waals surface area contributed by atoms with Gasteiger partial charge in [-0.15, -0.1) is 10.2 Å². The molecule has 1 atom stereocenters. The summed E-state index contributed by atoms with van der Waals surface area (Å²) in [5.74, 6) is -0.133. The summed E-state index contributed by atoms with van der Waals surface area (Å²) < 4.78 is 20.8. The maximum absolute atomic E-state index is 13.6. The van der Waals surface area contributed by atoms with E-state index in [0.29, 0.717) is 28.3 Å². The summed E-state index contributed by atoms with van der Waals surface area (Å²) in [6.45, 7) is 1.41. The van der Waals surface area contributed by atoms with Crippen LogP contribution in [0.5, 0.6) is 11.6 Å². The predicted octanol–water partition coefficient (Wildman–Crippen LogP) is 4.16. The van der Waals surface area contributed by atoms with Crippen LogP contribution >= 0.6 is 11.6 Å². The first kappa shape index (κ1) is 25.0. The second-order valence-electron chi connectivity index (χ2n) is 8.17. The van der Waals surface area contributed by atoms with Crippen molar-refractivity contribution in [2.24, 2.45) is 4.99 Å². The van der Waals surface area contributed by atoms with Crippen molar-refractivity contribution in [3.63, 3.8) is 0 Å². The van der Waals surface area contributed by atoms with Crippen LogP contribution in [0.2, 0.25) is 5.02 Å². The van der Waals surface area contributed by atoms with Crippen LogP contribution in [-0.4, -0.2) is 44.6 Å². The Morgan fingerprint density at radius 1 is 1.13 bits per heavy atom. The molecule has 1 N–H and O–H groups in total. The van der Waals surface area contributed by atoms with Crippen LogP contribution in [0, 0.1) is 0 Å². The molecule has 1 amide bonds. The van der Waals surface area contributed by atoms with E-state index in [9.17, 15) is 9.59 Å². The summed E-state index contributed by atoms with van der Waals surface area (Å²) in [7, 11) is 0. The van der Waals surface area contributed by atoms with Gasteiger partial charge in [0.25, 0.3) is 11.8 Å². The fourth-order valence-electron chi connectivity index (χ4n) is 3.59. The highest BCUT2D eigenvalue weighted by molar-refractivity contribution is 6.30. The quantitative estimate of drug-likeness (QED) is 0.326. The van der Waals surface area contributed by atoms with E-state index in [1.165, 1.54) is 18.1 Å². The Morgan fingerprint density at radius 3 is 2.63 bits per heavy atom. The van der Waals surface area contributed by atoms with Crippen LogP contribution in [0.1, 0.15) is 30.2 Å². The largest absolute Gasteiger partial charge is 0.456 e. The van der Waals surface area contributed by atoms with Crippen molar-refractivity contribution in [1.82, 2.24) is 20.3 Å². The highest BCUT2D eigenvalue weighted by Crippen LogP contribution is 2.26. The third-order valence-electron chi connectivity index (χ3n) is 5.42. The summed E-state index contributed by atoms with van der Waals surface area (Å²) >= 11 is 6.03. The second kappa shape index (κ2) is 11.1. The van der Waals surface area contributed by atoms with Gasteiger partial charge >= 0.3 is 5.97 Å².